The van der Waals surface area contributed by atoms with Crippen LogP contribution >= 0.6 is 12.2 Å². The van der Waals surface area contributed by atoms with Gasteiger partial charge in [0.05, 0.1) is 18.1 Å². The molecule has 30 heavy (non-hydrogen) atoms. The number of nitrogens with one attached hydrogen (secondary N) is 2. The second-order valence-corrected chi connectivity index (χ2v) is 7.09. The van der Waals surface area contributed by atoms with Crippen molar-refractivity contribution in [3.63, 3.8) is 0 Å². The van der Waals surface area contributed by atoms with E-state index in [1.165, 1.54) is 12.4 Å². The quantitative estimate of drug-likeness (QED) is 0.426. The molecule has 0 unspecified atom stereocenters. The summed E-state index contributed by atoms with van der Waals surface area (Å²) >= 11 is 5.28. The number of carbonyl (C=O) groups is 1. The van der Waals surface area contributed by atoms with Crippen LogP contribution in [0.2, 0.25) is 0 Å². The summed E-state index contributed by atoms with van der Waals surface area (Å²) < 4.78 is 1.99. The number of phenolic OH excluding ortho intramolecular Hbond substituents is 1. The lowest BCUT2D eigenvalue weighted by Crippen LogP contribution is -2.19. The molecule has 1 amide bonds. The predicted octanol–water partition coefficient (Wildman–Crippen LogP) is 3.72. The van der Waals surface area contributed by atoms with Crippen molar-refractivity contribution in [2.45, 2.75) is 13.5 Å². The van der Waals surface area contributed by atoms with Gasteiger partial charge in [0.15, 0.2) is 16.4 Å². The van der Waals surface area contributed by atoms with E-state index in [9.17, 15) is 9.90 Å². The third-order valence-electron chi connectivity index (χ3n) is 4.41. The van der Waals surface area contributed by atoms with Crippen LogP contribution in [0.1, 0.15) is 5.56 Å². The molecular weight excluding hydrogens is 400 g/mol. The summed E-state index contributed by atoms with van der Waals surface area (Å²) in [5, 5.41) is 19.3. The molecular formula is C21H18N6O2S. The minimum absolute atomic E-state index is 0.00709. The molecule has 0 saturated heterocycles. The van der Waals surface area contributed by atoms with Gasteiger partial charge in [-0.25, -0.2) is 9.97 Å². The summed E-state index contributed by atoms with van der Waals surface area (Å²) in [5.74, 6) is 0.887. The first-order valence-electron chi connectivity index (χ1n) is 9.13. The number of anilines is 1. The third-order valence-corrected chi connectivity index (χ3v) is 4.72. The van der Waals surface area contributed by atoms with Crippen molar-refractivity contribution in [1.29, 1.82) is 0 Å². The van der Waals surface area contributed by atoms with Crippen molar-refractivity contribution >= 4 is 23.8 Å². The van der Waals surface area contributed by atoms with Crippen LogP contribution in [0.5, 0.6) is 5.75 Å². The Hall–Kier alpha value is -3.85. The molecule has 4 aromatic rings. The van der Waals surface area contributed by atoms with Gasteiger partial charge >= 0.3 is 0 Å². The van der Waals surface area contributed by atoms with Gasteiger partial charge in [0.2, 0.25) is 5.91 Å². The van der Waals surface area contributed by atoms with Crippen molar-refractivity contribution in [3.05, 3.63) is 71.3 Å². The number of aryl methyl sites for hydroxylation is 1. The Morgan fingerprint density at radius 2 is 1.87 bits per heavy atom. The van der Waals surface area contributed by atoms with Crippen LogP contribution in [0, 0.1) is 11.7 Å². The molecule has 150 valence electrons. The number of aromatic hydroxyl groups is 1. The highest BCUT2D eigenvalue weighted by Gasteiger charge is 2.13. The van der Waals surface area contributed by atoms with Crippen molar-refractivity contribution in [2.75, 3.05) is 5.32 Å². The zero-order valence-corrected chi connectivity index (χ0v) is 16.8. The Kier molecular flexibility index (Phi) is 5.36. The maximum absolute atomic E-state index is 12.6. The lowest BCUT2D eigenvalue weighted by atomic mass is 10.1. The van der Waals surface area contributed by atoms with Gasteiger partial charge in [-0.2, -0.15) is 5.10 Å². The Labute approximate surface area is 177 Å². The van der Waals surface area contributed by atoms with E-state index in [4.69, 9.17) is 12.2 Å². The summed E-state index contributed by atoms with van der Waals surface area (Å²) in [7, 11) is 0. The largest absolute Gasteiger partial charge is 0.508 e. The summed E-state index contributed by atoms with van der Waals surface area (Å²) in [6, 6.07) is 14.5. The van der Waals surface area contributed by atoms with Crippen molar-refractivity contribution < 1.29 is 9.90 Å². The molecule has 0 aliphatic heterocycles. The number of rotatable bonds is 5. The second kappa shape index (κ2) is 8.26. The average molecular weight is 418 g/mol. The molecule has 2 heterocycles. The monoisotopic (exact) mass is 418 g/mol. The second-order valence-electron chi connectivity index (χ2n) is 6.70. The van der Waals surface area contributed by atoms with Crippen LogP contribution in [0.3, 0.4) is 0 Å². The molecule has 0 saturated carbocycles. The van der Waals surface area contributed by atoms with Gasteiger partial charge in [-0.05, 0) is 31.3 Å². The van der Waals surface area contributed by atoms with E-state index in [0.29, 0.717) is 27.7 Å². The number of benzene rings is 2. The maximum atomic E-state index is 12.6. The molecule has 0 radical (unpaired) electrons. The number of aromatic nitrogens is 5. The van der Waals surface area contributed by atoms with Gasteiger partial charge in [0.1, 0.15) is 12.3 Å². The molecule has 0 bridgehead atoms. The Balaban J connectivity index is 1.49. The van der Waals surface area contributed by atoms with Crippen molar-refractivity contribution in [2.24, 2.45) is 0 Å². The Morgan fingerprint density at radius 3 is 2.57 bits per heavy atom. The normalized spacial score (nSPS) is 10.7. The highest BCUT2D eigenvalue weighted by molar-refractivity contribution is 7.71. The van der Waals surface area contributed by atoms with Crippen LogP contribution < -0.4 is 5.32 Å². The average Bonchev–Trinajstić information content (AvgIpc) is 3.09. The highest BCUT2D eigenvalue weighted by atomic mass is 32.1. The zero-order chi connectivity index (χ0) is 21.1. The molecule has 0 aliphatic carbocycles. The maximum Gasteiger partial charge on any atom is 0.244 e. The molecule has 3 N–H and O–H groups in total. The number of amides is 1. The van der Waals surface area contributed by atoms with Crippen molar-refractivity contribution in [3.8, 4) is 28.5 Å². The topological polar surface area (TPSA) is 109 Å². The fraction of sp³-hybridized carbons (Fsp3) is 0.0952. The minimum Gasteiger partial charge on any atom is -0.508 e. The SMILES string of the molecule is Cc1ccc(-c2n[nH]c(=S)n2CC(=O)Nc2cnc(-c3cccc(O)c3)nc2)cc1. The lowest BCUT2D eigenvalue weighted by molar-refractivity contribution is -0.116. The van der Waals surface area contributed by atoms with Crippen LogP contribution in [0.15, 0.2) is 60.9 Å². The number of nitrogens with zero attached hydrogens (tertiary/aromatic N) is 4. The van der Waals surface area contributed by atoms with Crippen LogP contribution in [-0.2, 0) is 11.3 Å². The first-order valence-corrected chi connectivity index (χ1v) is 9.54. The van der Waals surface area contributed by atoms with E-state index in [2.05, 4.69) is 25.5 Å². The first kappa shape index (κ1) is 19.5. The fourth-order valence-electron chi connectivity index (χ4n) is 2.92. The summed E-state index contributed by atoms with van der Waals surface area (Å²) in [6.45, 7) is 2.00. The smallest absolute Gasteiger partial charge is 0.244 e. The first-order chi connectivity index (χ1) is 14.5. The molecule has 0 aliphatic rings. The van der Waals surface area contributed by atoms with E-state index in [0.717, 1.165) is 11.1 Å². The molecule has 8 nitrogen and oxygen atoms in total. The van der Waals surface area contributed by atoms with E-state index in [-0.39, 0.29) is 18.2 Å². The van der Waals surface area contributed by atoms with Crippen molar-refractivity contribution in [1.82, 2.24) is 24.7 Å². The standard InChI is InChI=1S/C21H18N6O2S/c1-13-5-7-14(8-6-13)20-25-26-21(30)27(20)12-18(29)24-16-10-22-19(23-11-16)15-3-2-4-17(28)9-15/h2-11,28H,12H2,1H3,(H,24,29)(H,26,30). The van der Waals surface area contributed by atoms with E-state index >= 15 is 0 Å². The molecule has 2 aromatic heterocycles. The number of aromatic amines is 1. The number of H-pyrrole nitrogens is 1. The zero-order valence-electron chi connectivity index (χ0n) is 16.0. The summed E-state index contributed by atoms with van der Waals surface area (Å²) in [5.41, 5.74) is 3.13. The van der Waals surface area contributed by atoms with Crippen LogP contribution in [0.4, 0.5) is 5.69 Å². The van der Waals surface area contributed by atoms with Gasteiger partial charge in [-0.3, -0.25) is 14.5 Å². The minimum atomic E-state index is -0.283. The molecule has 2 aromatic carbocycles. The van der Waals surface area contributed by atoms with Gasteiger partial charge in [-0.15, -0.1) is 0 Å². The highest BCUT2D eigenvalue weighted by Crippen LogP contribution is 2.21. The molecule has 0 atom stereocenters. The van der Waals surface area contributed by atoms with Gasteiger partial charge in [-0.1, -0.05) is 42.0 Å². The van der Waals surface area contributed by atoms with E-state index in [1.807, 2.05) is 31.2 Å². The van der Waals surface area contributed by atoms with Gasteiger partial charge in [0, 0.05) is 11.1 Å². The summed E-state index contributed by atoms with van der Waals surface area (Å²) in [6.07, 6.45) is 3.03. The number of phenols is 1. The molecule has 0 spiro atoms. The van der Waals surface area contributed by atoms with Crippen LogP contribution in [0.25, 0.3) is 22.8 Å². The molecule has 9 heteroatoms. The van der Waals surface area contributed by atoms with E-state index < -0.39 is 0 Å². The predicted molar refractivity (Wildman–Crippen MR) is 115 cm³/mol. The number of carbonyl (C=O) groups excluding carboxylic acids is 1. The molecule has 4 rings (SSSR count). The van der Waals surface area contributed by atoms with Gasteiger partial charge < -0.3 is 10.4 Å². The lowest BCUT2D eigenvalue weighted by Gasteiger charge is -2.09. The number of hydrogen-bond donors (Lipinski definition) is 3. The van der Waals surface area contributed by atoms with Gasteiger partial charge in [0.25, 0.3) is 0 Å². The third kappa shape index (κ3) is 4.26. The fourth-order valence-corrected chi connectivity index (χ4v) is 3.11. The Morgan fingerprint density at radius 1 is 1.13 bits per heavy atom. The van der Waals surface area contributed by atoms with E-state index in [1.54, 1.807) is 28.8 Å². The number of hydrogen-bond acceptors (Lipinski definition) is 6. The van der Waals surface area contributed by atoms with Crippen LogP contribution in [-0.4, -0.2) is 35.7 Å². The summed E-state index contributed by atoms with van der Waals surface area (Å²) in [4.78, 5) is 21.1. The Bertz CT molecular complexity index is 1250. The molecule has 0 fully saturated rings.